The fourth-order valence-electron chi connectivity index (χ4n) is 4.23. The van der Waals surface area contributed by atoms with E-state index >= 15 is 0 Å². The van der Waals surface area contributed by atoms with Crippen LogP contribution in [0.4, 0.5) is 15.5 Å². The first-order valence-corrected chi connectivity index (χ1v) is 11.4. The second kappa shape index (κ2) is 8.86. The summed E-state index contributed by atoms with van der Waals surface area (Å²) >= 11 is 1.30. The van der Waals surface area contributed by atoms with Crippen LogP contribution in [0, 0.1) is 10.1 Å². The van der Waals surface area contributed by atoms with Gasteiger partial charge in [0, 0.05) is 17.0 Å². The van der Waals surface area contributed by atoms with Gasteiger partial charge in [-0.2, -0.15) is 0 Å². The number of esters is 1. The van der Waals surface area contributed by atoms with Crippen LogP contribution in [0.25, 0.3) is 0 Å². The summed E-state index contributed by atoms with van der Waals surface area (Å²) in [5.74, 6) is -1.85. The molecule has 1 aromatic heterocycles. The third-order valence-electron chi connectivity index (χ3n) is 6.05. The van der Waals surface area contributed by atoms with Crippen molar-refractivity contribution in [2.75, 3.05) is 19.0 Å². The van der Waals surface area contributed by atoms with Gasteiger partial charge in [-0.3, -0.25) is 24.6 Å². The Kier molecular flexibility index (Phi) is 6.09. The zero-order valence-electron chi connectivity index (χ0n) is 18.5. The van der Waals surface area contributed by atoms with Gasteiger partial charge in [-0.15, -0.1) is 11.3 Å². The van der Waals surface area contributed by atoms with Crippen molar-refractivity contribution in [3.63, 3.8) is 0 Å². The van der Waals surface area contributed by atoms with Crippen LogP contribution >= 0.6 is 11.3 Å². The van der Waals surface area contributed by atoms with E-state index in [2.05, 4.69) is 10.6 Å². The summed E-state index contributed by atoms with van der Waals surface area (Å²) in [4.78, 5) is 62.9. The highest BCUT2D eigenvalue weighted by Gasteiger charge is 2.49. The lowest BCUT2D eigenvalue weighted by atomic mass is 9.92. The molecule has 12 heteroatoms. The van der Waals surface area contributed by atoms with Gasteiger partial charge in [0.1, 0.15) is 17.1 Å². The number of ether oxygens (including phenoxy) is 1. The molecular formula is C22H22N4O7S. The van der Waals surface area contributed by atoms with E-state index in [4.69, 9.17) is 4.74 Å². The number of amides is 4. The minimum absolute atomic E-state index is 0.152. The van der Waals surface area contributed by atoms with Crippen molar-refractivity contribution in [2.45, 2.75) is 38.1 Å². The van der Waals surface area contributed by atoms with Crippen molar-refractivity contribution in [1.29, 1.82) is 0 Å². The number of fused-ring (bicyclic) bond motifs is 1. The number of non-ortho nitro benzene ring substituents is 1. The van der Waals surface area contributed by atoms with Crippen molar-refractivity contribution in [3.8, 4) is 0 Å². The molecule has 2 heterocycles. The number of benzene rings is 1. The van der Waals surface area contributed by atoms with Crippen molar-refractivity contribution in [3.05, 3.63) is 55.9 Å². The number of methoxy groups -OCH3 is 1. The normalized spacial score (nSPS) is 19.4. The van der Waals surface area contributed by atoms with Crippen LogP contribution in [0.15, 0.2) is 24.3 Å². The fraction of sp³-hybridized carbons (Fsp3) is 0.364. The second-order valence-electron chi connectivity index (χ2n) is 8.21. The standard InChI is InChI=1S/C22H22N4O7S/c1-22(12-7-9-13(10-8-12)26(31)32)20(29)25(21(30)24-22)11-16(27)23-18-17(19(28)33-2)14-5-3-4-6-15(14)34-18/h7-10H,3-6,11H2,1-2H3,(H,23,27)(H,24,30). The molecule has 0 radical (unpaired) electrons. The van der Waals surface area contributed by atoms with E-state index in [-0.39, 0.29) is 5.69 Å². The maximum atomic E-state index is 13.1. The van der Waals surface area contributed by atoms with E-state index in [1.165, 1.54) is 49.6 Å². The summed E-state index contributed by atoms with van der Waals surface area (Å²) in [6.07, 6.45) is 3.45. The first-order valence-electron chi connectivity index (χ1n) is 10.6. The molecule has 0 bridgehead atoms. The number of hydrogen-bond donors (Lipinski definition) is 2. The Hall–Kier alpha value is -3.80. The molecule has 1 aliphatic heterocycles. The van der Waals surface area contributed by atoms with Gasteiger partial charge in [0.05, 0.1) is 17.6 Å². The van der Waals surface area contributed by atoms with Crippen LogP contribution < -0.4 is 10.6 Å². The molecule has 4 amide bonds. The predicted octanol–water partition coefficient (Wildman–Crippen LogP) is 2.73. The molecule has 178 valence electrons. The summed E-state index contributed by atoms with van der Waals surface area (Å²) in [6, 6.07) is 4.49. The largest absolute Gasteiger partial charge is 0.465 e. The molecule has 2 aliphatic rings. The summed E-state index contributed by atoms with van der Waals surface area (Å²) < 4.78 is 4.90. The Morgan fingerprint density at radius 2 is 1.91 bits per heavy atom. The minimum atomic E-state index is -1.48. The summed E-state index contributed by atoms with van der Waals surface area (Å²) in [6.45, 7) is 0.908. The Balaban J connectivity index is 1.52. The lowest BCUT2D eigenvalue weighted by Crippen LogP contribution is -2.42. The Morgan fingerprint density at radius 1 is 1.24 bits per heavy atom. The van der Waals surface area contributed by atoms with Gasteiger partial charge in [0.25, 0.3) is 11.6 Å². The third-order valence-corrected chi connectivity index (χ3v) is 7.25. The van der Waals surface area contributed by atoms with Crippen molar-refractivity contribution in [2.24, 2.45) is 0 Å². The van der Waals surface area contributed by atoms with Gasteiger partial charge in [-0.05, 0) is 55.9 Å². The van der Waals surface area contributed by atoms with E-state index in [9.17, 15) is 29.3 Å². The van der Waals surface area contributed by atoms with Crippen LogP contribution in [0.1, 0.15) is 46.1 Å². The van der Waals surface area contributed by atoms with Crippen LogP contribution in [0.2, 0.25) is 0 Å². The lowest BCUT2D eigenvalue weighted by Gasteiger charge is -2.22. The monoisotopic (exact) mass is 486 g/mol. The molecule has 1 aliphatic carbocycles. The number of anilines is 1. The van der Waals surface area contributed by atoms with Crippen molar-refractivity contribution in [1.82, 2.24) is 10.2 Å². The summed E-state index contributed by atoms with van der Waals surface area (Å²) in [5, 5.41) is 16.5. The minimum Gasteiger partial charge on any atom is -0.465 e. The highest BCUT2D eigenvalue weighted by atomic mass is 32.1. The zero-order chi connectivity index (χ0) is 24.6. The zero-order valence-corrected chi connectivity index (χ0v) is 19.3. The molecule has 2 N–H and O–H groups in total. The highest BCUT2D eigenvalue weighted by Crippen LogP contribution is 2.38. The van der Waals surface area contributed by atoms with Gasteiger partial charge in [0.2, 0.25) is 5.91 Å². The molecule has 0 spiro atoms. The number of nitrogens with one attached hydrogen (secondary N) is 2. The molecule has 1 fully saturated rings. The molecule has 1 atom stereocenters. The number of nitro benzene ring substituents is 1. The van der Waals surface area contributed by atoms with Crippen LogP contribution in [0.3, 0.4) is 0 Å². The number of carbonyl (C=O) groups excluding carboxylic acids is 4. The highest BCUT2D eigenvalue weighted by molar-refractivity contribution is 7.17. The number of hydrogen-bond acceptors (Lipinski definition) is 8. The Labute approximate surface area is 198 Å². The van der Waals surface area contributed by atoms with E-state index in [1.807, 2.05) is 0 Å². The van der Waals surface area contributed by atoms with Crippen LogP contribution in [-0.4, -0.2) is 47.3 Å². The van der Waals surface area contributed by atoms with Gasteiger partial charge < -0.3 is 15.4 Å². The molecule has 2 aromatic rings. The number of urea groups is 1. The van der Waals surface area contributed by atoms with Gasteiger partial charge >= 0.3 is 12.0 Å². The fourth-order valence-corrected chi connectivity index (χ4v) is 5.53. The smallest absolute Gasteiger partial charge is 0.341 e. The predicted molar refractivity (Wildman–Crippen MR) is 122 cm³/mol. The van der Waals surface area contributed by atoms with Crippen LogP contribution in [0.5, 0.6) is 0 Å². The summed E-state index contributed by atoms with van der Waals surface area (Å²) in [5.41, 5.74) is -0.0904. The average molecular weight is 487 g/mol. The van der Waals surface area contributed by atoms with Gasteiger partial charge in [-0.1, -0.05) is 0 Å². The van der Waals surface area contributed by atoms with E-state index in [0.717, 1.165) is 34.6 Å². The number of thiophene rings is 1. The topological polar surface area (TPSA) is 148 Å². The quantitative estimate of drug-likeness (QED) is 0.276. The maximum Gasteiger partial charge on any atom is 0.341 e. The molecule has 4 rings (SSSR count). The first kappa shape index (κ1) is 23.4. The second-order valence-corrected chi connectivity index (χ2v) is 9.31. The lowest BCUT2D eigenvalue weighted by molar-refractivity contribution is -0.384. The first-order chi connectivity index (χ1) is 16.2. The van der Waals surface area contributed by atoms with Gasteiger partial charge in [0.15, 0.2) is 0 Å². The molecule has 1 saturated heterocycles. The van der Waals surface area contributed by atoms with Crippen molar-refractivity contribution < 1.29 is 28.8 Å². The maximum absolute atomic E-state index is 13.1. The number of rotatable bonds is 6. The van der Waals surface area contributed by atoms with E-state index < -0.39 is 40.8 Å². The van der Waals surface area contributed by atoms with Gasteiger partial charge in [-0.25, -0.2) is 9.59 Å². The van der Waals surface area contributed by atoms with Crippen LogP contribution in [-0.2, 0) is 32.7 Å². The third kappa shape index (κ3) is 4.00. The molecule has 34 heavy (non-hydrogen) atoms. The van der Waals surface area contributed by atoms with E-state index in [1.54, 1.807) is 0 Å². The molecule has 1 aromatic carbocycles. The Morgan fingerprint density at radius 3 is 2.56 bits per heavy atom. The number of nitrogens with zero attached hydrogens (tertiary/aromatic N) is 2. The number of nitro groups is 1. The number of imide groups is 1. The molecule has 11 nitrogen and oxygen atoms in total. The van der Waals surface area contributed by atoms with E-state index in [0.29, 0.717) is 22.5 Å². The SMILES string of the molecule is COC(=O)c1c(NC(=O)CN2C(=O)NC(C)(c3ccc([N+](=O)[O-])cc3)C2=O)sc2c1CCCC2. The van der Waals surface area contributed by atoms with Crippen molar-refractivity contribution >= 4 is 45.8 Å². The molecular weight excluding hydrogens is 464 g/mol. The molecule has 1 unspecified atom stereocenters. The molecule has 0 saturated carbocycles. The number of carbonyl (C=O) groups is 4. The average Bonchev–Trinajstić information content (AvgIpc) is 3.28. The Bertz CT molecular complexity index is 1210. The number of aryl methyl sites for hydroxylation is 1. The summed E-state index contributed by atoms with van der Waals surface area (Å²) in [7, 11) is 1.27.